The van der Waals surface area contributed by atoms with Crippen LogP contribution in [-0.2, 0) is 11.0 Å². The van der Waals surface area contributed by atoms with Crippen molar-refractivity contribution in [2.24, 2.45) is 5.10 Å². The van der Waals surface area contributed by atoms with Crippen molar-refractivity contribution in [3.63, 3.8) is 0 Å². The summed E-state index contributed by atoms with van der Waals surface area (Å²) in [6, 6.07) is 21.4. The highest BCUT2D eigenvalue weighted by atomic mass is 127. The first-order valence-electron chi connectivity index (χ1n) is 12.3. The number of carbonyl (C=O) groups excluding carboxylic acids is 1. The van der Waals surface area contributed by atoms with Crippen LogP contribution in [0.3, 0.4) is 0 Å². The Bertz CT molecular complexity index is 1890. The van der Waals surface area contributed by atoms with Crippen molar-refractivity contribution in [1.82, 2.24) is 9.66 Å². The number of halogens is 5. The zero-order chi connectivity index (χ0) is 29.9. The fourth-order valence-corrected chi connectivity index (χ4v) is 4.69. The van der Waals surface area contributed by atoms with Gasteiger partial charge in [-0.1, -0.05) is 30.3 Å². The van der Waals surface area contributed by atoms with E-state index in [1.807, 2.05) is 22.6 Å². The van der Waals surface area contributed by atoms with Crippen LogP contribution in [-0.4, -0.2) is 28.4 Å². The smallest absolute Gasteiger partial charge is 0.416 e. The van der Waals surface area contributed by atoms with E-state index in [1.54, 1.807) is 48.5 Å². The molecule has 1 heterocycles. The zero-order valence-corrected chi connectivity index (χ0v) is 23.6. The molecule has 42 heavy (non-hydrogen) atoms. The number of carbonyl (C=O) groups is 1. The van der Waals surface area contributed by atoms with Gasteiger partial charge in [0.05, 0.1) is 26.3 Å². The number of para-hydroxylation sites is 1. The minimum absolute atomic E-state index is 0.0555. The summed E-state index contributed by atoms with van der Waals surface area (Å²) in [6.45, 7) is -0.321. The second-order valence-corrected chi connectivity index (χ2v) is 10.1. The van der Waals surface area contributed by atoms with E-state index in [0.717, 1.165) is 16.8 Å². The highest BCUT2D eigenvalue weighted by Crippen LogP contribution is 2.32. The monoisotopic (exact) mass is 686 g/mol. The summed E-state index contributed by atoms with van der Waals surface area (Å²) >= 11 is 2.00. The Labute approximate surface area is 249 Å². The molecule has 0 aliphatic carbocycles. The number of amides is 1. The van der Waals surface area contributed by atoms with Gasteiger partial charge in [-0.15, -0.1) is 0 Å². The second kappa shape index (κ2) is 12.1. The molecule has 0 fully saturated rings. The van der Waals surface area contributed by atoms with Crippen molar-refractivity contribution in [2.75, 3.05) is 11.9 Å². The third-order valence-electron chi connectivity index (χ3n) is 5.95. The first-order chi connectivity index (χ1) is 20.1. The molecule has 0 spiro atoms. The molecule has 0 bridgehead atoms. The lowest BCUT2D eigenvalue weighted by atomic mass is 10.1. The zero-order valence-electron chi connectivity index (χ0n) is 21.4. The lowest BCUT2D eigenvalue weighted by Crippen LogP contribution is -2.20. The van der Waals surface area contributed by atoms with Gasteiger partial charge in [-0.2, -0.15) is 22.9 Å². The molecule has 0 aliphatic rings. The molecule has 0 saturated heterocycles. The van der Waals surface area contributed by atoms with Crippen molar-refractivity contribution < 1.29 is 27.1 Å². The van der Waals surface area contributed by atoms with Crippen LogP contribution in [0.2, 0.25) is 0 Å². The Balaban J connectivity index is 1.41. The minimum Gasteiger partial charge on any atom is -0.483 e. The number of rotatable bonds is 7. The SMILES string of the molecule is O=C(COc1ccc(C=Nn2c(-c3cccc(C(F)(F)F)c3)nc3ccccc3c2=O)cc1I)Nc1cccc(F)c1. The number of anilines is 1. The predicted octanol–water partition coefficient (Wildman–Crippen LogP) is 6.73. The third kappa shape index (κ3) is 6.65. The Morgan fingerprint density at radius 1 is 1.00 bits per heavy atom. The maximum Gasteiger partial charge on any atom is 0.416 e. The third-order valence-corrected chi connectivity index (χ3v) is 6.79. The largest absolute Gasteiger partial charge is 0.483 e. The molecular weight excluding hydrogens is 667 g/mol. The topological polar surface area (TPSA) is 85.6 Å². The summed E-state index contributed by atoms with van der Waals surface area (Å²) in [5.41, 5.74) is -0.201. The molecule has 1 aromatic heterocycles. The molecule has 0 aliphatic heterocycles. The van der Waals surface area contributed by atoms with E-state index in [0.29, 0.717) is 26.1 Å². The lowest BCUT2D eigenvalue weighted by Gasteiger charge is -2.12. The van der Waals surface area contributed by atoms with Crippen molar-refractivity contribution in [3.05, 3.63) is 122 Å². The van der Waals surface area contributed by atoms with E-state index in [-0.39, 0.29) is 23.4 Å². The maximum atomic E-state index is 13.4. The van der Waals surface area contributed by atoms with E-state index < -0.39 is 29.0 Å². The fraction of sp³-hybridized carbons (Fsp3) is 0.0667. The summed E-state index contributed by atoms with van der Waals surface area (Å²) in [6.07, 6.45) is -3.21. The van der Waals surface area contributed by atoms with Crippen LogP contribution in [0, 0.1) is 9.39 Å². The van der Waals surface area contributed by atoms with Gasteiger partial charge in [-0.3, -0.25) is 9.59 Å². The van der Waals surface area contributed by atoms with Crippen molar-refractivity contribution >= 4 is 51.3 Å². The molecule has 0 radical (unpaired) electrons. The van der Waals surface area contributed by atoms with Gasteiger partial charge < -0.3 is 10.1 Å². The molecule has 212 valence electrons. The van der Waals surface area contributed by atoms with E-state index in [9.17, 15) is 27.2 Å². The van der Waals surface area contributed by atoms with Crippen LogP contribution in [0.25, 0.3) is 22.3 Å². The number of benzene rings is 4. The van der Waals surface area contributed by atoms with Gasteiger partial charge in [0, 0.05) is 11.3 Å². The molecule has 5 aromatic rings. The van der Waals surface area contributed by atoms with Gasteiger partial charge in [0.25, 0.3) is 11.5 Å². The van der Waals surface area contributed by atoms with Gasteiger partial charge >= 0.3 is 6.18 Å². The predicted molar refractivity (Wildman–Crippen MR) is 159 cm³/mol. The number of aromatic nitrogens is 2. The number of nitrogens with one attached hydrogen (secondary N) is 1. The van der Waals surface area contributed by atoms with Crippen LogP contribution in [0.15, 0.2) is 101 Å². The first kappa shape index (κ1) is 28.9. The Hall–Kier alpha value is -4.59. The standard InChI is InChI=1S/C30H19F4IN4O3/c31-21-7-4-8-22(15-21)37-27(40)17-42-26-12-11-18(13-24(26)35)16-36-39-28(19-5-3-6-20(14-19)30(32,33)34)38-25-10-2-1-9-23(25)29(39)41/h1-16H,17H2,(H,37,40). The molecule has 4 aromatic carbocycles. The summed E-state index contributed by atoms with van der Waals surface area (Å²) in [4.78, 5) is 30.0. The van der Waals surface area contributed by atoms with E-state index in [4.69, 9.17) is 4.74 Å². The number of fused-ring (bicyclic) bond motifs is 1. The number of ether oxygens (including phenoxy) is 1. The molecule has 0 atom stereocenters. The van der Waals surface area contributed by atoms with Crippen LogP contribution in [0.5, 0.6) is 5.75 Å². The molecule has 0 unspecified atom stereocenters. The first-order valence-corrected chi connectivity index (χ1v) is 13.4. The lowest BCUT2D eigenvalue weighted by molar-refractivity contribution is -0.137. The molecule has 5 rings (SSSR count). The Morgan fingerprint density at radius 3 is 2.55 bits per heavy atom. The van der Waals surface area contributed by atoms with Crippen LogP contribution < -0.4 is 15.6 Å². The van der Waals surface area contributed by atoms with E-state index in [1.165, 1.54) is 36.5 Å². The number of alkyl halides is 3. The molecule has 7 nitrogen and oxygen atoms in total. The van der Waals surface area contributed by atoms with Crippen LogP contribution in [0.4, 0.5) is 23.2 Å². The normalized spacial score (nSPS) is 11.6. The summed E-state index contributed by atoms with van der Waals surface area (Å²) in [5, 5.41) is 7.08. The van der Waals surface area contributed by atoms with Gasteiger partial charge in [0.2, 0.25) is 0 Å². The number of hydrogen-bond acceptors (Lipinski definition) is 5. The Kier molecular flexibility index (Phi) is 8.34. The van der Waals surface area contributed by atoms with Gasteiger partial charge in [0.15, 0.2) is 12.4 Å². The Morgan fingerprint density at radius 2 is 1.79 bits per heavy atom. The van der Waals surface area contributed by atoms with Crippen LogP contribution in [0.1, 0.15) is 11.1 Å². The fourth-order valence-electron chi connectivity index (χ4n) is 4.00. The van der Waals surface area contributed by atoms with E-state index >= 15 is 0 Å². The number of nitrogens with zero attached hydrogens (tertiary/aromatic N) is 3. The quantitative estimate of drug-likeness (QED) is 0.117. The van der Waals surface area contributed by atoms with Crippen LogP contribution >= 0.6 is 22.6 Å². The summed E-state index contributed by atoms with van der Waals surface area (Å²) in [7, 11) is 0. The second-order valence-electron chi connectivity index (χ2n) is 8.93. The highest BCUT2D eigenvalue weighted by Gasteiger charge is 2.31. The van der Waals surface area contributed by atoms with Crippen molar-refractivity contribution in [2.45, 2.75) is 6.18 Å². The summed E-state index contributed by atoms with van der Waals surface area (Å²) in [5.74, 6) is -0.618. The van der Waals surface area contributed by atoms with Gasteiger partial charge in [0.1, 0.15) is 11.6 Å². The molecular formula is C30H19F4IN4O3. The molecule has 1 amide bonds. The van der Waals surface area contributed by atoms with Crippen molar-refractivity contribution in [1.29, 1.82) is 0 Å². The van der Waals surface area contributed by atoms with Gasteiger partial charge in [-0.05, 0) is 88.8 Å². The maximum absolute atomic E-state index is 13.4. The average molecular weight is 686 g/mol. The summed E-state index contributed by atoms with van der Waals surface area (Å²) < 4.78 is 60.7. The van der Waals surface area contributed by atoms with Gasteiger partial charge in [-0.25, -0.2) is 9.37 Å². The minimum atomic E-state index is -4.58. The molecule has 12 heteroatoms. The number of hydrogen-bond donors (Lipinski definition) is 1. The van der Waals surface area contributed by atoms with E-state index in [2.05, 4.69) is 15.4 Å². The highest BCUT2D eigenvalue weighted by molar-refractivity contribution is 14.1. The van der Waals surface area contributed by atoms with Crippen molar-refractivity contribution in [3.8, 4) is 17.1 Å². The average Bonchev–Trinajstić information content (AvgIpc) is 2.96. The molecule has 1 N–H and O–H groups in total. The molecule has 0 saturated carbocycles.